The summed E-state index contributed by atoms with van der Waals surface area (Å²) in [4.78, 5) is 0. The van der Waals surface area contributed by atoms with Gasteiger partial charge in [0.05, 0.1) is 39.2 Å². The minimum atomic E-state index is 0.308. The topological polar surface area (TPSA) is 75.3 Å². The Morgan fingerprint density at radius 1 is 0.739 bits per heavy atom. The SMILES string of the molecule is COc1cc(CC#N)ccc1Oc1ccc(CC#N)cc1OC. The Morgan fingerprint density at radius 3 is 1.52 bits per heavy atom. The van der Waals surface area contributed by atoms with Gasteiger partial charge in [-0.2, -0.15) is 10.5 Å². The summed E-state index contributed by atoms with van der Waals surface area (Å²) in [5.74, 6) is 2.14. The van der Waals surface area contributed by atoms with Crippen molar-refractivity contribution < 1.29 is 14.2 Å². The summed E-state index contributed by atoms with van der Waals surface area (Å²) in [6.45, 7) is 0. The maximum Gasteiger partial charge on any atom is 0.169 e. The minimum Gasteiger partial charge on any atom is -0.493 e. The number of nitrogens with zero attached hydrogens (tertiary/aromatic N) is 2. The standard InChI is InChI=1S/C18H16N2O3/c1-21-17-11-13(7-9-19)3-5-15(17)23-16-6-4-14(8-10-20)12-18(16)22-2/h3-6,11-12H,7-8H2,1-2H3. The zero-order chi connectivity index (χ0) is 16.7. The van der Waals surface area contributed by atoms with E-state index in [0.29, 0.717) is 35.8 Å². The molecule has 0 aliphatic rings. The highest BCUT2D eigenvalue weighted by Crippen LogP contribution is 2.37. The number of rotatable bonds is 6. The number of hydrogen-bond acceptors (Lipinski definition) is 5. The molecule has 0 bridgehead atoms. The van der Waals surface area contributed by atoms with E-state index in [9.17, 15) is 0 Å². The van der Waals surface area contributed by atoms with E-state index < -0.39 is 0 Å². The molecule has 2 aromatic rings. The highest BCUT2D eigenvalue weighted by atomic mass is 16.5. The van der Waals surface area contributed by atoms with Gasteiger partial charge in [0.2, 0.25) is 0 Å². The number of benzene rings is 2. The van der Waals surface area contributed by atoms with Crippen molar-refractivity contribution in [2.24, 2.45) is 0 Å². The fraction of sp³-hybridized carbons (Fsp3) is 0.222. The van der Waals surface area contributed by atoms with Crippen LogP contribution in [0.1, 0.15) is 11.1 Å². The molecule has 0 fully saturated rings. The second kappa shape index (κ2) is 7.72. The van der Waals surface area contributed by atoms with Crippen molar-refractivity contribution in [1.82, 2.24) is 0 Å². The Labute approximate surface area is 135 Å². The Kier molecular flexibility index (Phi) is 5.44. The first-order valence-corrected chi connectivity index (χ1v) is 6.97. The van der Waals surface area contributed by atoms with Gasteiger partial charge in [0, 0.05) is 0 Å². The van der Waals surface area contributed by atoms with E-state index in [1.807, 2.05) is 12.1 Å². The van der Waals surface area contributed by atoms with Crippen LogP contribution < -0.4 is 14.2 Å². The molecule has 0 N–H and O–H groups in total. The van der Waals surface area contributed by atoms with Crippen molar-refractivity contribution in [2.75, 3.05) is 14.2 Å². The molecular weight excluding hydrogens is 292 g/mol. The van der Waals surface area contributed by atoms with Gasteiger partial charge in [-0.05, 0) is 35.4 Å². The van der Waals surface area contributed by atoms with Crippen molar-refractivity contribution in [2.45, 2.75) is 12.8 Å². The Hall–Kier alpha value is -3.18. The molecule has 0 aromatic heterocycles. The lowest BCUT2D eigenvalue weighted by molar-refractivity contribution is 0.356. The van der Waals surface area contributed by atoms with E-state index in [-0.39, 0.29) is 0 Å². The largest absolute Gasteiger partial charge is 0.493 e. The van der Waals surface area contributed by atoms with E-state index in [4.69, 9.17) is 24.7 Å². The summed E-state index contributed by atoms with van der Waals surface area (Å²) in [6, 6.07) is 14.9. The molecule has 0 saturated carbocycles. The molecule has 5 heteroatoms. The van der Waals surface area contributed by atoms with E-state index in [0.717, 1.165) is 11.1 Å². The van der Waals surface area contributed by atoms with Crippen LogP contribution >= 0.6 is 0 Å². The summed E-state index contributed by atoms with van der Waals surface area (Å²) in [5, 5.41) is 17.5. The van der Waals surface area contributed by atoms with E-state index >= 15 is 0 Å². The Bertz CT molecular complexity index is 707. The lowest BCUT2D eigenvalue weighted by Crippen LogP contribution is -1.95. The third kappa shape index (κ3) is 3.93. The number of ether oxygens (including phenoxy) is 3. The number of hydrogen-bond donors (Lipinski definition) is 0. The fourth-order valence-electron chi connectivity index (χ4n) is 2.11. The lowest BCUT2D eigenvalue weighted by atomic mass is 10.1. The van der Waals surface area contributed by atoms with Gasteiger partial charge in [-0.1, -0.05) is 12.1 Å². The van der Waals surface area contributed by atoms with Gasteiger partial charge in [-0.25, -0.2) is 0 Å². The molecule has 0 saturated heterocycles. The summed E-state index contributed by atoms with van der Waals surface area (Å²) < 4.78 is 16.5. The first kappa shape index (κ1) is 16.2. The van der Waals surface area contributed by atoms with Gasteiger partial charge in [0.1, 0.15) is 0 Å². The highest BCUT2D eigenvalue weighted by molar-refractivity contribution is 5.50. The molecule has 0 amide bonds. The molecule has 0 aliphatic carbocycles. The fourth-order valence-corrected chi connectivity index (χ4v) is 2.11. The molecule has 0 aliphatic heterocycles. The molecule has 0 unspecified atom stereocenters. The predicted molar refractivity (Wildman–Crippen MR) is 84.7 cm³/mol. The van der Waals surface area contributed by atoms with Crippen LogP contribution in [0.15, 0.2) is 36.4 Å². The van der Waals surface area contributed by atoms with Crippen molar-refractivity contribution in [3.8, 4) is 35.1 Å². The quantitative estimate of drug-likeness (QED) is 0.814. The summed E-state index contributed by atoms with van der Waals surface area (Å²) in [5.41, 5.74) is 1.71. The Morgan fingerprint density at radius 2 is 1.17 bits per heavy atom. The van der Waals surface area contributed by atoms with Crippen LogP contribution in [0.2, 0.25) is 0 Å². The van der Waals surface area contributed by atoms with Crippen molar-refractivity contribution in [1.29, 1.82) is 10.5 Å². The van der Waals surface area contributed by atoms with E-state index in [1.54, 1.807) is 38.5 Å². The van der Waals surface area contributed by atoms with Crippen molar-refractivity contribution in [3.05, 3.63) is 47.5 Å². The van der Waals surface area contributed by atoms with Gasteiger partial charge in [0.15, 0.2) is 23.0 Å². The average molecular weight is 308 g/mol. The zero-order valence-electron chi connectivity index (χ0n) is 13.0. The van der Waals surface area contributed by atoms with Gasteiger partial charge in [-0.3, -0.25) is 0 Å². The van der Waals surface area contributed by atoms with Crippen LogP contribution in [0.4, 0.5) is 0 Å². The molecule has 5 nitrogen and oxygen atoms in total. The third-order valence-corrected chi connectivity index (χ3v) is 3.24. The predicted octanol–water partition coefficient (Wildman–Crippen LogP) is 3.63. The first-order chi connectivity index (χ1) is 11.2. The van der Waals surface area contributed by atoms with Crippen LogP contribution in [0.25, 0.3) is 0 Å². The normalized spacial score (nSPS) is 9.57. The van der Waals surface area contributed by atoms with Crippen molar-refractivity contribution in [3.63, 3.8) is 0 Å². The molecule has 0 radical (unpaired) electrons. The van der Waals surface area contributed by atoms with Crippen LogP contribution in [0.3, 0.4) is 0 Å². The zero-order valence-corrected chi connectivity index (χ0v) is 13.0. The summed E-state index contributed by atoms with van der Waals surface area (Å²) >= 11 is 0. The van der Waals surface area contributed by atoms with E-state index in [1.165, 1.54) is 0 Å². The summed E-state index contributed by atoms with van der Waals surface area (Å²) in [6.07, 6.45) is 0.617. The van der Waals surface area contributed by atoms with Crippen LogP contribution in [0, 0.1) is 22.7 Å². The molecule has 0 atom stereocenters. The lowest BCUT2D eigenvalue weighted by Gasteiger charge is -2.14. The van der Waals surface area contributed by atoms with Crippen molar-refractivity contribution >= 4 is 0 Å². The molecule has 116 valence electrons. The molecule has 2 aromatic carbocycles. The highest BCUT2D eigenvalue weighted by Gasteiger charge is 2.11. The monoisotopic (exact) mass is 308 g/mol. The van der Waals surface area contributed by atoms with Gasteiger partial charge < -0.3 is 14.2 Å². The molecule has 0 heterocycles. The second-order valence-corrected chi connectivity index (χ2v) is 4.74. The Balaban J connectivity index is 2.32. The molecular formula is C18H16N2O3. The maximum atomic E-state index is 8.76. The second-order valence-electron chi connectivity index (χ2n) is 4.74. The molecule has 23 heavy (non-hydrogen) atoms. The number of methoxy groups -OCH3 is 2. The maximum absolute atomic E-state index is 8.76. The average Bonchev–Trinajstić information content (AvgIpc) is 2.57. The molecule has 0 spiro atoms. The van der Waals surface area contributed by atoms with E-state index in [2.05, 4.69) is 12.1 Å². The van der Waals surface area contributed by atoms with Gasteiger partial charge in [0.25, 0.3) is 0 Å². The van der Waals surface area contributed by atoms with Crippen LogP contribution in [0.5, 0.6) is 23.0 Å². The number of nitriles is 2. The third-order valence-electron chi connectivity index (χ3n) is 3.24. The minimum absolute atomic E-state index is 0.308. The van der Waals surface area contributed by atoms with Gasteiger partial charge >= 0.3 is 0 Å². The molecule has 2 rings (SSSR count). The summed E-state index contributed by atoms with van der Waals surface area (Å²) in [7, 11) is 3.09. The first-order valence-electron chi connectivity index (χ1n) is 6.97. The van der Waals surface area contributed by atoms with Crippen LogP contribution in [-0.4, -0.2) is 14.2 Å². The van der Waals surface area contributed by atoms with Crippen LogP contribution in [-0.2, 0) is 12.8 Å². The smallest absolute Gasteiger partial charge is 0.169 e. The van der Waals surface area contributed by atoms with Gasteiger partial charge in [-0.15, -0.1) is 0 Å².